The Morgan fingerprint density at radius 1 is 1.22 bits per heavy atom. The van der Waals surface area contributed by atoms with Gasteiger partial charge in [-0.2, -0.15) is 5.10 Å². The Morgan fingerprint density at radius 3 is 2.63 bits per heavy atom. The van der Waals surface area contributed by atoms with Gasteiger partial charge in [0.15, 0.2) is 0 Å². The van der Waals surface area contributed by atoms with Crippen LogP contribution in [0.5, 0.6) is 5.75 Å². The van der Waals surface area contributed by atoms with E-state index in [0.717, 1.165) is 42.1 Å². The van der Waals surface area contributed by atoms with Crippen LogP contribution >= 0.6 is 0 Å². The van der Waals surface area contributed by atoms with E-state index in [1.165, 1.54) is 32.1 Å². The topological polar surface area (TPSA) is 27.1 Å². The van der Waals surface area contributed by atoms with Crippen LogP contribution in [0.15, 0.2) is 35.8 Å². The summed E-state index contributed by atoms with van der Waals surface area (Å²) in [6.07, 6.45) is 10.7. The van der Waals surface area contributed by atoms with Crippen molar-refractivity contribution in [2.45, 2.75) is 64.2 Å². The lowest BCUT2D eigenvalue weighted by Gasteiger charge is -2.24. The van der Waals surface area contributed by atoms with Gasteiger partial charge in [0.2, 0.25) is 0 Å². The van der Waals surface area contributed by atoms with Crippen LogP contribution in [0.2, 0.25) is 6.32 Å². The summed E-state index contributed by atoms with van der Waals surface area (Å²) in [6.45, 7) is 2.94. The van der Waals surface area contributed by atoms with Gasteiger partial charge in [-0.15, -0.1) is 5.47 Å². The van der Waals surface area contributed by atoms with Gasteiger partial charge in [0, 0.05) is 5.56 Å². The maximum atomic E-state index is 5.93. The van der Waals surface area contributed by atoms with E-state index in [2.05, 4.69) is 29.8 Å². The first-order valence-electron chi connectivity index (χ1n) is 10.2. The second kappa shape index (κ2) is 9.87. The zero-order valence-corrected chi connectivity index (χ0v) is 16.4. The maximum absolute atomic E-state index is 5.93. The van der Waals surface area contributed by atoms with Gasteiger partial charge in [-0.05, 0) is 55.7 Å². The van der Waals surface area contributed by atoms with Gasteiger partial charge in [-0.1, -0.05) is 38.9 Å². The predicted molar refractivity (Wildman–Crippen MR) is 114 cm³/mol. The van der Waals surface area contributed by atoms with Gasteiger partial charge >= 0.3 is 0 Å². The molecule has 2 aromatic rings. The highest BCUT2D eigenvalue weighted by atomic mass is 16.5. The number of rotatable bonds is 8. The Balaban J connectivity index is 1.87. The third kappa shape index (κ3) is 5.31. The molecule has 0 atom stereocenters. The first-order valence-corrected chi connectivity index (χ1v) is 10.2. The van der Waals surface area contributed by atoms with Crippen LogP contribution in [0, 0.1) is 0 Å². The minimum absolute atomic E-state index is 0.343. The fourth-order valence-corrected chi connectivity index (χ4v) is 3.61. The summed E-state index contributed by atoms with van der Waals surface area (Å²) in [4.78, 5) is 0. The number of hydrogen-bond acceptors (Lipinski definition) is 2. The molecular formula is C22H28B2N2O. The first kappa shape index (κ1) is 19.9. The average Bonchev–Trinajstić information content (AvgIpc) is 3.13. The highest BCUT2D eigenvalue weighted by Crippen LogP contribution is 2.33. The maximum Gasteiger partial charge on any atom is 0.119 e. The Bertz CT molecular complexity index is 746. The largest absolute Gasteiger partial charge is 0.494 e. The molecule has 0 N–H and O–H groups in total. The molecule has 5 heteroatoms. The van der Waals surface area contributed by atoms with E-state index in [0.29, 0.717) is 17.8 Å². The number of unbranched alkanes of at least 4 members (excludes halogenated alkanes) is 1. The smallest absolute Gasteiger partial charge is 0.119 e. The highest BCUT2D eigenvalue weighted by Gasteiger charge is 2.20. The molecule has 0 spiro atoms. The molecule has 138 valence electrons. The molecule has 1 aromatic carbocycles. The molecule has 4 radical (unpaired) electrons. The fraction of sp³-hybridized carbons (Fsp3) is 0.500. The van der Waals surface area contributed by atoms with E-state index in [4.69, 9.17) is 25.5 Å². The zero-order chi connectivity index (χ0) is 19.1. The van der Waals surface area contributed by atoms with Gasteiger partial charge in [0.25, 0.3) is 0 Å². The van der Waals surface area contributed by atoms with E-state index in [1.807, 2.05) is 18.2 Å². The number of allylic oxidation sites excluding steroid dienone is 1. The van der Waals surface area contributed by atoms with Crippen molar-refractivity contribution in [3.63, 3.8) is 0 Å². The van der Waals surface area contributed by atoms with Crippen molar-refractivity contribution in [2.75, 3.05) is 6.61 Å². The van der Waals surface area contributed by atoms with E-state index >= 15 is 0 Å². The Kier molecular flexibility index (Phi) is 7.25. The number of aromatic nitrogens is 2. The molecule has 1 fully saturated rings. The van der Waals surface area contributed by atoms with Crippen LogP contribution in [0.1, 0.15) is 63.6 Å². The fourth-order valence-electron chi connectivity index (χ4n) is 3.61. The van der Waals surface area contributed by atoms with Crippen LogP contribution in [-0.4, -0.2) is 32.1 Å². The van der Waals surface area contributed by atoms with Crippen LogP contribution < -0.4 is 4.74 Å². The molecule has 1 aliphatic carbocycles. The van der Waals surface area contributed by atoms with Crippen molar-refractivity contribution in [1.29, 1.82) is 0 Å². The molecule has 0 saturated heterocycles. The SMILES string of the molecule is [B]C/C([B])=C\c1cc(-c2ccc(OCCCC)cc2)n(C2CCCCC2)n1. The van der Waals surface area contributed by atoms with Crippen molar-refractivity contribution >= 4 is 21.8 Å². The van der Waals surface area contributed by atoms with Crippen LogP contribution in [-0.2, 0) is 0 Å². The van der Waals surface area contributed by atoms with Gasteiger partial charge in [0.1, 0.15) is 13.6 Å². The number of hydrogen-bond donors (Lipinski definition) is 0. The lowest BCUT2D eigenvalue weighted by molar-refractivity contribution is 0.309. The summed E-state index contributed by atoms with van der Waals surface area (Å²) in [5.41, 5.74) is 3.82. The molecule has 1 aliphatic rings. The molecular weight excluding hydrogens is 330 g/mol. The number of benzene rings is 1. The third-order valence-electron chi connectivity index (χ3n) is 5.16. The summed E-state index contributed by atoms with van der Waals surface area (Å²) in [5.74, 6) is 0.920. The molecule has 0 bridgehead atoms. The van der Waals surface area contributed by atoms with Gasteiger partial charge in [-0.25, -0.2) is 0 Å². The van der Waals surface area contributed by atoms with E-state index < -0.39 is 0 Å². The van der Waals surface area contributed by atoms with Crippen molar-refractivity contribution in [1.82, 2.24) is 9.78 Å². The minimum Gasteiger partial charge on any atom is -0.494 e. The third-order valence-corrected chi connectivity index (χ3v) is 5.16. The van der Waals surface area contributed by atoms with Crippen LogP contribution in [0.3, 0.4) is 0 Å². The summed E-state index contributed by atoms with van der Waals surface area (Å²) in [5, 5.41) is 4.85. The van der Waals surface area contributed by atoms with Gasteiger partial charge < -0.3 is 4.74 Å². The molecule has 0 aliphatic heterocycles. The normalized spacial score (nSPS) is 15.8. The average molecular weight is 358 g/mol. The standard InChI is InChI=1S/C22H28B2N2O/c1-2-3-13-27-21-11-9-17(10-12-21)22-15-19(14-18(24)16-23)25-26(22)20-7-5-4-6-8-20/h9-12,14-15,20H,2-8,13,16H2,1H3/b18-14+. The van der Waals surface area contributed by atoms with Crippen LogP contribution in [0.25, 0.3) is 17.3 Å². The monoisotopic (exact) mass is 358 g/mol. The van der Waals surface area contributed by atoms with Gasteiger partial charge in [0.05, 0.1) is 31.9 Å². The number of nitrogens with zero attached hydrogens (tertiary/aromatic N) is 2. The molecule has 0 amide bonds. The summed E-state index contributed by atoms with van der Waals surface area (Å²) in [6, 6.07) is 10.9. The molecule has 1 aromatic heterocycles. The molecule has 1 heterocycles. The highest BCUT2D eigenvalue weighted by molar-refractivity contribution is 6.29. The Hall–Kier alpha value is -1.90. The summed E-state index contributed by atoms with van der Waals surface area (Å²) >= 11 is 0. The van der Waals surface area contributed by atoms with Crippen molar-refractivity contribution in [3.05, 3.63) is 41.5 Å². The summed E-state index contributed by atoms with van der Waals surface area (Å²) in [7, 11) is 11.6. The molecule has 3 rings (SSSR count). The zero-order valence-electron chi connectivity index (χ0n) is 16.4. The van der Waals surface area contributed by atoms with E-state index in [1.54, 1.807) is 0 Å². The van der Waals surface area contributed by atoms with E-state index in [9.17, 15) is 0 Å². The quantitative estimate of drug-likeness (QED) is 0.471. The Morgan fingerprint density at radius 2 is 1.96 bits per heavy atom. The molecule has 27 heavy (non-hydrogen) atoms. The molecule has 1 saturated carbocycles. The van der Waals surface area contributed by atoms with Crippen LogP contribution in [0.4, 0.5) is 0 Å². The van der Waals surface area contributed by atoms with Crippen molar-refractivity contribution in [2.24, 2.45) is 0 Å². The predicted octanol–water partition coefficient (Wildman–Crippen LogP) is 5.33. The second-order valence-corrected chi connectivity index (χ2v) is 7.34. The molecule has 3 nitrogen and oxygen atoms in total. The summed E-state index contributed by atoms with van der Waals surface area (Å²) < 4.78 is 7.99. The number of ether oxygens (including phenoxy) is 1. The van der Waals surface area contributed by atoms with Crippen molar-refractivity contribution in [3.8, 4) is 17.0 Å². The Labute approximate surface area is 166 Å². The first-order chi connectivity index (χ1) is 13.2. The van der Waals surface area contributed by atoms with Gasteiger partial charge in [-0.3, -0.25) is 4.68 Å². The second-order valence-electron chi connectivity index (χ2n) is 7.34. The lowest BCUT2D eigenvalue weighted by Crippen LogP contribution is -2.15. The van der Waals surface area contributed by atoms with Crippen molar-refractivity contribution < 1.29 is 4.74 Å². The van der Waals surface area contributed by atoms with E-state index in [-0.39, 0.29) is 0 Å². The lowest BCUT2D eigenvalue weighted by atomic mass is 9.83. The minimum atomic E-state index is 0.343. The molecule has 0 unspecified atom stereocenters.